The van der Waals surface area contributed by atoms with Crippen molar-refractivity contribution in [2.45, 2.75) is 73.4 Å². The summed E-state index contributed by atoms with van der Waals surface area (Å²) in [6, 6.07) is 14.2. The van der Waals surface area contributed by atoms with Crippen LogP contribution >= 0.6 is 11.8 Å². The Kier molecular flexibility index (Phi) is 7.70. The summed E-state index contributed by atoms with van der Waals surface area (Å²) in [7, 11) is 4.11. The lowest BCUT2D eigenvalue weighted by atomic mass is 9.91. The van der Waals surface area contributed by atoms with Crippen LogP contribution in [0.1, 0.15) is 60.1 Å². The zero-order valence-electron chi connectivity index (χ0n) is 21.0. The van der Waals surface area contributed by atoms with Gasteiger partial charge in [-0.3, -0.25) is 4.79 Å². The van der Waals surface area contributed by atoms with Crippen LogP contribution < -0.4 is 15.5 Å². The highest BCUT2D eigenvalue weighted by molar-refractivity contribution is 7.99. The van der Waals surface area contributed by atoms with Crippen LogP contribution in [0, 0.1) is 0 Å². The van der Waals surface area contributed by atoms with Crippen LogP contribution in [-0.4, -0.2) is 47.0 Å². The van der Waals surface area contributed by atoms with Crippen LogP contribution in [0.3, 0.4) is 0 Å². The van der Waals surface area contributed by atoms with Gasteiger partial charge in [-0.2, -0.15) is 4.98 Å². The van der Waals surface area contributed by atoms with Crippen molar-refractivity contribution in [2.75, 3.05) is 24.3 Å². The topological polar surface area (TPSA) is 83.0 Å². The molecule has 2 heterocycles. The average molecular weight is 503 g/mol. The van der Waals surface area contributed by atoms with Crippen LogP contribution in [-0.2, 0) is 12.8 Å². The van der Waals surface area contributed by atoms with E-state index in [9.17, 15) is 4.79 Å². The van der Waals surface area contributed by atoms with E-state index in [0.29, 0.717) is 11.6 Å². The molecule has 2 aliphatic carbocycles. The summed E-state index contributed by atoms with van der Waals surface area (Å²) < 4.78 is 0. The molecule has 8 heteroatoms. The Morgan fingerprint density at radius 2 is 1.69 bits per heavy atom. The summed E-state index contributed by atoms with van der Waals surface area (Å²) in [6.45, 7) is 0. The Balaban J connectivity index is 1.18. The van der Waals surface area contributed by atoms with Gasteiger partial charge in [-0.1, -0.05) is 30.0 Å². The third kappa shape index (κ3) is 5.81. The number of fused-ring (bicyclic) bond motifs is 1. The predicted molar refractivity (Wildman–Crippen MR) is 145 cm³/mol. The summed E-state index contributed by atoms with van der Waals surface area (Å²) in [5.41, 5.74) is 3.14. The molecule has 2 N–H and O–H groups in total. The van der Waals surface area contributed by atoms with E-state index in [-0.39, 0.29) is 11.9 Å². The smallest absolute Gasteiger partial charge is 0.254 e. The number of carbonyl (C=O) groups excluding carboxylic acids is 1. The van der Waals surface area contributed by atoms with Gasteiger partial charge in [0.15, 0.2) is 0 Å². The van der Waals surface area contributed by atoms with Crippen LogP contribution in [0.25, 0.3) is 0 Å². The van der Waals surface area contributed by atoms with Gasteiger partial charge in [0.05, 0.1) is 11.3 Å². The molecule has 0 saturated heterocycles. The number of aryl methyl sites for hydroxylation is 1. The highest BCUT2D eigenvalue weighted by Crippen LogP contribution is 2.31. The fraction of sp³-hybridized carbons (Fsp3) is 0.429. The summed E-state index contributed by atoms with van der Waals surface area (Å²) in [4.78, 5) is 30.5. The van der Waals surface area contributed by atoms with Crippen molar-refractivity contribution in [3.05, 3.63) is 65.5 Å². The van der Waals surface area contributed by atoms with Crippen molar-refractivity contribution in [2.24, 2.45) is 0 Å². The molecule has 0 atom stereocenters. The molecule has 7 nitrogen and oxygen atoms in total. The molecule has 0 unspecified atom stereocenters. The second kappa shape index (κ2) is 11.3. The first kappa shape index (κ1) is 24.6. The Morgan fingerprint density at radius 3 is 2.47 bits per heavy atom. The number of hydrogen-bond acceptors (Lipinski definition) is 7. The molecule has 3 aromatic rings. The van der Waals surface area contributed by atoms with Gasteiger partial charge in [-0.15, -0.1) is 0 Å². The molecule has 1 aromatic carbocycles. The van der Waals surface area contributed by atoms with E-state index in [4.69, 9.17) is 9.97 Å². The third-order valence-electron chi connectivity index (χ3n) is 6.95. The molecule has 0 radical (unpaired) electrons. The van der Waals surface area contributed by atoms with E-state index in [1.54, 1.807) is 6.20 Å². The van der Waals surface area contributed by atoms with Gasteiger partial charge in [-0.05, 0) is 75.6 Å². The van der Waals surface area contributed by atoms with Gasteiger partial charge in [0, 0.05) is 42.8 Å². The minimum atomic E-state index is -0.0495. The maximum atomic E-state index is 13.1. The minimum absolute atomic E-state index is 0.0495. The quantitative estimate of drug-likeness (QED) is 0.464. The van der Waals surface area contributed by atoms with E-state index in [1.165, 1.54) is 35.9 Å². The molecule has 0 spiro atoms. The predicted octanol–water partition coefficient (Wildman–Crippen LogP) is 5.12. The molecule has 0 bridgehead atoms. The lowest BCUT2D eigenvalue weighted by molar-refractivity contribution is 0.0923. The molecule has 5 rings (SSSR count). The van der Waals surface area contributed by atoms with Gasteiger partial charge in [0.1, 0.15) is 10.8 Å². The van der Waals surface area contributed by atoms with E-state index >= 15 is 0 Å². The summed E-state index contributed by atoms with van der Waals surface area (Å²) in [5, 5.41) is 7.58. The number of nitrogens with one attached hydrogen (secondary N) is 2. The second-order valence-electron chi connectivity index (χ2n) is 9.84. The number of rotatable bonds is 7. The minimum Gasteiger partial charge on any atom is -0.362 e. The van der Waals surface area contributed by atoms with Crippen molar-refractivity contribution in [3.8, 4) is 0 Å². The van der Waals surface area contributed by atoms with Crippen LogP contribution in [0.15, 0.2) is 58.6 Å². The summed E-state index contributed by atoms with van der Waals surface area (Å²) in [6.07, 6.45) is 10.1. The maximum absolute atomic E-state index is 13.1. The van der Waals surface area contributed by atoms with Crippen molar-refractivity contribution in [1.29, 1.82) is 0 Å². The highest BCUT2D eigenvalue weighted by Gasteiger charge is 2.26. The lowest BCUT2D eigenvalue weighted by Gasteiger charge is -2.30. The Morgan fingerprint density at radius 1 is 0.944 bits per heavy atom. The van der Waals surface area contributed by atoms with Gasteiger partial charge in [0.2, 0.25) is 5.95 Å². The van der Waals surface area contributed by atoms with Gasteiger partial charge in [0.25, 0.3) is 5.91 Å². The van der Waals surface area contributed by atoms with Crippen molar-refractivity contribution in [3.63, 3.8) is 0 Å². The number of aromatic nitrogens is 3. The SMILES string of the molecule is CN(C)c1nc(N[C@H]2CC[C@@H](NC(=O)c3cccnc3Sc3ccccc3)CC2)nc2c1CCCC2. The number of benzene rings is 1. The molecular formula is C28H34N6OS. The summed E-state index contributed by atoms with van der Waals surface area (Å²) >= 11 is 1.52. The second-order valence-corrected chi connectivity index (χ2v) is 10.9. The number of anilines is 2. The zero-order valence-corrected chi connectivity index (χ0v) is 21.9. The van der Waals surface area contributed by atoms with Gasteiger partial charge >= 0.3 is 0 Å². The van der Waals surface area contributed by atoms with Crippen LogP contribution in [0.5, 0.6) is 0 Å². The van der Waals surface area contributed by atoms with E-state index in [1.807, 2.05) is 42.5 Å². The number of hydrogen-bond donors (Lipinski definition) is 2. The largest absolute Gasteiger partial charge is 0.362 e. The zero-order chi connectivity index (χ0) is 24.9. The molecule has 36 heavy (non-hydrogen) atoms. The molecule has 188 valence electrons. The van der Waals surface area contributed by atoms with E-state index in [0.717, 1.165) is 60.2 Å². The molecule has 2 aliphatic rings. The molecule has 1 amide bonds. The Hall–Kier alpha value is -3.13. The number of nitrogens with zero attached hydrogens (tertiary/aromatic N) is 4. The first-order valence-corrected chi connectivity index (χ1v) is 13.7. The molecule has 1 fully saturated rings. The maximum Gasteiger partial charge on any atom is 0.254 e. The van der Waals surface area contributed by atoms with E-state index in [2.05, 4.69) is 34.6 Å². The normalized spacial score (nSPS) is 19.3. The average Bonchev–Trinajstić information content (AvgIpc) is 2.90. The molecule has 1 saturated carbocycles. The van der Waals surface area contributed by atoms with Gasteiger partial charge in [-0.25, -0.2) is 9.97 Å². The van der Waals surface area contributed by atoms with Crippen molar-refractivity contribution < 1.29 is 4.79 Å². The monoisotopic (exact) mass is 502 g/mol. The van der Waals surface area contributed by atoms with Crippen molar-refractivity contribution in [1.82, 2.24) is 20.3 Å². The number of carbonyl (C=O) groups is 1. The van der Waals surface area contributed by atoms with Crippen molar-refractivity contribution >= 4 is 29.4 Å². The number of amides is 1. The van der Waals surface area contributed by atoms with Gasteiger partial charge < -0.3 is 15.5 Å². The standard InChI is InChI=1S/C28H34N6OS/c1-34(2)25-22-11-6-7-13-24(22)32-28(33-25)31-20-16-14-19(15-17-20)30-26(35)23-12-8-18-29-27(23)36-21-9-4-3-5-10-21/h3-5,8-10,12,18-20H,6-7,11,13-17H2,1-2H3,(H,30,35)(H,31,32,33)/t19-,20+. The first-order chi connectivity index (χ1) is 17.6. The molecule has 0 aliphatic heterocycles. The third-order valence-corrected chi connectivity index (χ3v) is 7.98. The van der Waals surface area contributed by atoms with Crippen LogP contribution in [0.2, 0.25) is 0 Å². The first-order valence-electron chi connectivity index (χ1n) is 12.9. The van der Waals surface area contributed by atoms with E-state index < -0.39 is 0 Å². The lowest BCUT2D eigenvalue weighted by Crippen LogP contribution is -2.40. The van der Waals surface area contributed by atoms with Crippen LogP contribution in [0.4, 0.5) is 11.8 Å². The fourth-order valence-corrected chi connectivity index (χ4v) is 5.98. The molecule has 2 aromatic heterocycles. The summed E-state index contributed by atoms with van der Waals surface area (Å²) in [5.74, 6) is 1.74. The Labute approximate surface area is 217 Å². The Bertz CT molecular complexity index is 1190. The highest BCUT2D eigenvalue weighted by atomic mass is 32.2. The molecular weight excluding hydrogens is 468 g/mol. The fourth-order valence-electron chi connectivity index (χ4n) is 5.08. The number of pyridine rings is 1.